The second-order valence-electron chi connectivity index (χ2n) is 1.65. The second-order valence-corrected chi connectivity index (χ2v) is 1.65. The van der Waals surface area contributed by atoms with Crippen LogP contribution in [0.2, 0.25) is 0 Å². The molecule has 0 radical (unpaired) electrons. The van der Waals surface area contributed by atoms with Crippen LogP contribution < -0.4 is 0 Å². The molecule has 1 aromatic rings. The molecular weight excluding hydrogens is 345 g/mol. The van der Waals surface area contributed by atoms with Gasteiger partial charge in [-0.2, -0.15) is 0 Å². The molecule has 3 heteroatoms. The van der Waals surface area contributed by atoms with Crippen molar-refractivity contribution in [3.63, 3.8) is 0 Å². The van der Waals surface area contributed by atoms with E-state index in [-0.39, 0.29) is 44.6 Å². The average Bonchev–Trinajstić information content (AvgIpc) is 1.69. The Bertz CT molecular complexity index is 142. The first-order valence-electron chi connectivity index (χ1n) is 2.41. The predicted octanol–water partition coefficient (Wildman–Crippen LogP) is 2.84. The third-order valence-corrected chi connectivity index (χ3v) is 0.940. The van der Waals surface area contributed by atoms with Crippen molar-refractivity contribution in [3.8, 4) is 0 Å². The van der Waals surface area contributed by atoms with Gasteiger partial charge in [0.25, 0.3) is 0 Å². The molecule has 0 spiro atoms. The molecule has 0 aromatic heterocycles. The summed E-state index contributed by atoms with van der Waals surface area (Å²) in [6.45, 7) is 2.08. The van der Waals surface area contributed by atoms with Crippen molar-refractivity contribution in [2.75, 3.05) is 0 Å². The quantitative estimate of drug-likeness (QED) is 0.672. The number of hydrogen-bond acceptors (Lipinski definition) is 0. The van der Waals surface area contributed by atoms with E-state index >= 15 is 0 Å². The Labute approximate surface area is 87.3 Å². The first-order chi connectivity index (χ1) is 3.39. The molecule has 0 saturated heterocycles. The van der Waals surface area contributed by atoms with E-state index in [1.165, 1.54) is 5.56 Å². The van der Waals surface area contributed by atoms with Gasteiger partial charge in [-0.05, 0) is 6.92 Å². The summed E-state index contributed by atoms with van der Waals surface area (Å²) in [7, 11) is 0. The normalized spacial score (nSPS) is 6.10. The number of benzene rings is 1. The van der Waals surface area contributed by atoms with Crippen LogP contribution in [-0.2, 0) is 19.8 Å². The third-order valence-electron chi connectivity index (χ3n) is 0.940. The Hall–Kier alpha value is 0.436. The molecule has 0 amide bonds. The molecule has 10 heavy (non-hydrogen) atoms. The van der Waals surface area contributed by atoms with E-state index in [2.05, 4.69) is 19.1 Å². The molecule has 1 rings (SSSR count). The molecule has 0 aliphatic carbocycles. The van der Waals surface area contributed by atoms with Crippen LogP contribution in [0.4, 0.5) is 0 Å². The molecule has 0 N–H and O–H groups in total. The summed E-state index contributed by atoms with van der Waals surface area (Å²) in [5.41, 5.74) is 1.32. The molecular formula is C7H10Cl2Os. The fourth-order valence-corrected chi connectivity index (χ4v) is 0.534. The monoisotopic (exact) mass is 356 g/mol. The second kappa shape index (κ2) is 9.44. The van der Waals surface area contributed by atoms with Crippen LogP contribution in [0.15, 0.2) is 30.3 Å². The molecule has 0 aliphatic rings. The van der Waals surface area contributed by atoms with Crippen molar-refractivity contribution in [1.29, 1.82) is 0 Å². The van der Waals surface area contributed by atoms with Crippen molar-refractivity contribution in [1.82, 2.24) is 0 Å². The van der Waals surface area contributed by atoms with Crippen molar-refractivity contribution in [2.24, 2.45) is 0 Å². The van der Waals surface area contributed by atoms with Gasteiger partial charge in [0.1, 0.15) is 0 Å². The zero-order valence-corrected chi connectivity index (χ0v) is 9.73. The van der Waals surface area contributed by atoms with Gasteiger partial charge in [-0.3, -0.25) is 0 Å². The summed E-state index contributed by atoms with van der Waals surface area (Å²) in [5, 5.41) is 0. The summed E-state index contributed by atoms with van der Waals surface area (Å²) >= 11 is 0. The van der Waals surface area contributed by atoms with E-state index in [4.69, 9.17) is 0 Å². The SMILES string of the molecule is Cc1ccccc1.Cl.Cl.[Os]. The van der Waals surface area contributed by atoms with Crippen LogP contribution in [-0.4, -0.2) is 0 Å². The van der Waals surface area contributed by atoms with Gasteiger partial charge in [0.05, 0.1) is 0 Å². The van der Waals surface area contributed by atoms with E-state index in [0.29, 0.717) is 0 Å². The molecule has 60 valence electrons. The number of aryl methyl sites for hydroxylation is 1. The minimum absolute atomic E-state index is 0. The van der Waals surface area contributed by atoms with Crippen molar-refractivity contribution >= 4 is 24.8 Å². The van der Waals surface area contributed by atoms with Gasteiger partial charge in [0.15, 0.2) is 0 Å². The van der Waals surface area contributed by atoms with Crippen molar-refractivity contribution < 1.29 is 19.8 Å². The van der Waals surface area contributed by atoms with Gasteiger partial charge in [-0.25, -0.2) is 0 Å². The Morgan fingerprint density at radius 2 is 1.30 bits per heavy atom. The molecule has 0 atom stereocenters. The number of halogens is 2. The Morgan fingerprint density at radius 3 is 1.50 bits per heavy atom. The van der Waals surface area contributed by atoms with Gasteiger partial charge in [0.2, 0.25) is 0 Å². The van der Waals surface area contributed by atoms with Gasteiger partial charge in [-0.1, -0.05) is 35.9 Å². The van der Waals surface area contributed by atoms with Crippen LogP contribution in [0.3, 0.4) is 0 Å². The largest absolute Gasteiger partial charge is 0.147 e. The minimum atomic E-state index is 0. The van der Waals surface area contributed by atoms with Gasteiger partial charge < -0.3 is 0 Å². The van der Waals surface area contributed by atoms with E-state index in [9.17, 15) is 0 Å². The molecule has 0 nitrogen and oxygen atoms in total. The summed E-state index contributed by atoms with van der Waals surface area (Å²) in [4.78, 5) is 0. The summed E-state index contributed by atoms with van der Waals surface area (Å²) < 4.78 is 0. The van der Waals surface area contributed by atoms with E-state index < -0.39 is 0 Å². The first kappa shape index (κ1) is 16.8. The summed E-state index contributed by atoms with van der Waals surface area (Å²) in [5.74, 6) is 0. The Balaban J connectivity index is -0.000000163. The maximum absolute atomic E-state index is 2.08. The summed E-state index contributed by atoms with van der Waals surface area (Å²) in [6, 6.07) is 10.3. The fraction of sp³-hybridized carbons (Fsp3) is 0.143. The topological polar surface area (TPSA) is 0 Å². The third kappa shape index (κ3) is 6.55. The molecule has 0 unspecified atom stereocenters. The van der Waals surface area contributed by atoms with Gasteiger partial charge in [-0.15, -0.1) is 24.8 Å². The van der Waals surface area contributed by atoms with E-state index in [0.717, 1.165) is 0 Å². The number of rotatable bonds is 0. The zero-order chi connectivity index (χ0) is 5.11. The molecule has 0 aliphatic heterocycles. The van der Waals surface area contributed by atoms with Crippen LogP contribution in [0, 0.1) is 6.92 Å². The van der Waals surface area contributed by atoms with Gasteiger partial charge >= 0.3 is 0 Å². The predicted molar refractivity (Wildman–Crippen MR) is 45.7 cm³/mol. The van der Waals surface area contributed by atoms with Crippen molar-refractivity contribution in [3.05, 3.63) is 35.9 Å². The zero-order valence-electron chi connectivity index (χ0n) is 5.56. The van der Waals surface area contributed by atoms with E-state index in [1.807, 2.05) is 18.2 Å². The Kier molecular flexibility index (Phi) is 15.9. The van der Waals surface area contributed by atoms with E-state index in [1.54, 1.807) is 0 Å². The van der Waals surface area contributed by atoms with Crippen LogP contribution >= 0.6 is 24.8 Å². The van der Waals surface area contributed by atoms with Crippen LogP contribution in [0.5, 0.6) is 0 Å². The first-order valence-corrected chi connectivity index (χ1v) is 2.41. The number of hydrogen-bond donors (Lipinski definition) is 0. The van der Waals surface area contributed by atoms with Crippen molar-refractivity contribution in [2.45, 2.75) is 6.92 Å². The smallest absolute Gasteiger partial charge is 0 e. The molecule has 1 aromatic carbocycles. The van der Waals surface area contributed by atoms with Crippen LogP contribution in [0.1, 0.15) is 5.56 Å². The molecule has 0 bridgehead atoms. The molecule has 0 fully saturated rings. The fourth-order valence-electron chi connectivity index (χ4n) is 0.534. The maximum atomic E-state index is 2.08. The molecule has 0 saturated carbocycles. The average molecular weight is 355 g/mol. The van der Waals surface area contributed by atoms with Gasteiger partial charge in [0, 0.05) is 19.8 Å². The standard InChI is InChI=1S/C7H8.2ClH.Os/c1-7-5-3-2-4-6-7;;;/h2-6H,1H3;2*1H;. The molecule has 0 heterocycles. The summed E-state index contributed by atoms with van der Waals surface area (Å²) in [6.07, 6.45) is 0. The van der Waals surface area contributed by atoms with Crippen LogP contribution in [0.25, 0.3) is 0 Å². The minimum Gasteiger partial charge on any atom is -0.147 e. The maximum Gasteiger partial charge on any atom is 0 e. The Morgan fingerprint density at radius 1 is 0.900 bits per heavy atom.